The molecule has 1 saturated carbocycles. The molecule has 1 aliphatic heterocycles. The van der Waals surface area contributed by atoms with Gasteiger partial charge in [0.25, 0.3) is 5.56 Å². The van der Waals surface area contributed by atoms with E-state index in [9.17, 15) is 9.59 Å². The van der Waals surface area contributed by atoms with Crippen LogP contribution in [0.25, 0.3) is 11.0 Å². The molecule has 7 heteroatoms. The summed E-state index contributed by atoms with van der Waals surface area (Å²) in [4.78, 5) is 33.4. The van der Waals surface area contributed by atoms with Gasteiger partial charge >= 0.3 is 0 Å². The summed E-state index contributed by atoms with van der Waals surface area (Å²) in [6, 6.07) is 0.0973. The van der Waals surface area contributed by atoms with Crippen LogP contribution in [0.5, 0.6) is 0 Å². The molecular weight excluding hydrogens is 306 g/mol. The Morgan fingerprint density at radius 3 is 2.83 bits per heavy atom. The van der Waals surface area contributed by atoms with Crippen molar-refractivity contribution in [2.45, 2.75) is 51.5 Å². The average molecular weight is 329 g/mol. The Morgan fingerprint density at radius 1 is 1.33 bits per heavy atom. The first-order valence-corrected chi connectivity index (χ1v) is 8.83. The van der Waals surface area contributed by atoms with Gasteiger partial charge in [0, 0.05) is 26.4 Å². The molecule has 1 saturated heterocycles. The predicted octanol–water partition coefficient (Wildman–Crippen LogP) is 1.65. The van der Waals surface area contributed by atoms with Crippen LogP contribution in [-0.2, 0) is 11.2 Å². The Bertz CT molecular complexity index is 818. The van der Waals surface area contributed by atoms with Crippen LogP contribution in [0.3, 0.4) is 0 Å². The molecule has 7 nitrogen and oxygen atoms in total. The Balaban J connectivity index is 1.65. The highest BCUT2D eigenvalue weighted by atomic mass is 16.2. The third-order valence-electron chi connectivity index (χ3n) is 5.42. The second-order valence-electron chi connectivity index (χ2n) is 7.10. The average Bonchev–Trinajstić information content (AvgIpc) is 3.26. The summed E-state index contributed by atoms with van der Waals surface area (Å²) in [5, 5.41) is 4.93. The van der Waals surface area contributed by atoms with E-state index in [0.29, 0.717) is 23.5 Å². The summed E-state index contributed by atoms with van der Waals surface area (Å²) in [7, 11) is 0. The number of nitrogens with one attached hydrogen (secondary N) is 1. The number of amides is 1. The third kappa shape index (κ3) is 2.72. The largest absolute Gasteiger partial charge is 0.341 e. The monoisotopic (exact) mass is 329 g/mol. The molecule has 0 radical (unpaired) electrons. The van der Waals surface area contributed by atoms with Crippen LogP contribution in [0.2, 0.25) is 0 Å². The van der Waals surface area contributed by atoms with Gasteiger partial charge in [0.2, 0.25) is 5.91 Å². The predicted molar refractivity (Wildman–Crippen MR) is 89.7 cm³/mol. The van der Waals surface area contributed by atoms with Gasteiger partial charge in [-0.05, 0) is 12.3 Å². The fraction of sp³-hybridized carbons (Fsp3) is 0.647. The van der Waals surface area contributed by atoms with E-state index >= 15 is 0 Å². The first-order valence-electron chi connectivity index (χ1n) is 8.83. The van der Waals surface area contributed by atoms with Crippen LogP contribution in [-0.4, -0.2) is 43.6 Å². The number of carbonyl (C=O) groups is 1. The fourth-order valence-electron chi connectivity index (χ4n) is 4.06. The number of hydrogen-bond donors (Lipinski definition) is 1. The van der Waals surface area contributed by atoms with Crippen molar-refractivity contribution in [1.82, 2.24) is 24.6 Å². The quantitative estimate of drug-likeness (QED) is 0.928. The van der Waals surface area contributed by atoms with E-state index in [1.54, 1.807) is 13.1 Å². The summed E-state index contributed by atoms with van der Waals surface area (Å²) in [6.45, 7) is 2.96. The topological polar surface area (TPSA) is 83.9 Å². The lowest BCUT2D eigenvalue weighted by molar-refractivity contribution is -0.127. The van der Waals surface area contributed by atoms with Crippen LogP contribution in [0.15, 0.2) is 11.0 Å². The van der Waals surface area contributed by atoms with Crippen LogP contribution in [0, 0.1) is 5.92 Å². The number of carbonyl (C=O) groups excluding carboxylic acids is 1. The molecule has 3 heterocycles. The highest BCUT2D eigenvalue weighted by molar-refractivity contribution is 5.74. The molecule has 0 bridgehead atoms. The van der Waals surface area contributed by atoms with Crippen molar-refractivity contribution in [1.29, 1.82) is 0 Å². The molecule has 1 atom stereocenters. The van der Waals surface area contributed by atoms with E-state index < -0.39 is 0 Å². The van der Waals surface area contributed by atoms with E-state index in [2.05, 4.69) is 10.1 Å². The standard InChI is InChI=1S/C17H23N5O2/c1-11(23)21-7-6-13(10-21)22-16-14(9-18-22)17(24)20-15(19-16)8-12-4-2-3-5-12/h9,12-13H,2-8,10H2,1H3,(H,19,20,24). The molecule has 4 rings (SSSR count). The van der Waals surface area contributed by atoms with Gasteiger partial charge < -0.3 is 9.88 Å². The zero-order valence-corrected chi connectivity index (χ0v) is 14.0. The van der Waals surface area contributed by atoms with Crippen LogP contribution < -0.4 is 5.56 Å². The Kier molecular flexibility index (Phi) is 3.86. The molecule has 0 spiro atoms. The Morgan fingerprint density at radius 2 is 2.12 bits per heavy atom. The molecule has 128 valence electrons. The molecule has 1 aliphatic carbocycles. The van der Waals surface area contributed by atoms with Gasteiger partial charge in [0.05, 0.1) is 12.2 Å². The number of likely N-dealkylation sites (tertiary alicyclic amines) is 1. The SMILES string of the molecule is CC(=O)N1CCC(n2ncc3c(=O)[nH]c(CC4CCCC4)nc32)C1. The van der Waals surface area contributed by atoms with Crippen LogP contribution in [0.1, 0.15) is 50.9 Å². The van der Waals surface area contributed by atoms with Crippen molar-refractivity contribution in [3.05, 3.63) is 22.4 Å². The van der Waals surface area contributed by atoms with Crippen molar-refractivity contribution in [2.24, 2.45) is 5.92 Å². The van der Waals surface area contributed by atoms with Gasteiger partial charge in [-0.3, -0.25) is 9.59 Å². The minimum Gasteiger partial charge on any atom is -0.341 e. The lowest BCUT2D eigenvalue weighted by atomic mass is 10.0. The maximum Gasteiger partial charge on any atom is 0.262 e. The van der Waals surface area contributed by atoms with Gasteiger partial charge in [0.15, 0.2) is 5.65 Å². The number of nitrogens with zero attached hydrogens (tertiary/aromatic N) is 4. The molecule has 2 aromatic heterocycles. The zero-order valence-electron chi connectivity index (χ0n) is 14.0. The first-order chi connectivity index (χ1) is 11.6. The molecule has 1 amide bonds. The van der Waals surface area contributed by atoms with Gasteiger partial charge in [-0.15, -0.1) is 0 Å². The van der Waals surface area contributed by atoms with Gasteiger partial charge in [-0.1, -0.05) is 25.7 Å². The lowest BCUT2D eigenvalue weighted by Crippen LogP contribution is -2.26. The van der Waals surface area contributed by atoms with Crippen molar-refractivity contribution >= 4 is 16.9 Å². The molecular formula is C17H23N5O2. The molecule has 2 aromatic rings. The number of fused-ring (bicyclic) bond motifs is 1. The molecule has 1 N–H and O–H groups in total. The second kappa shape index (κ2) is 6.03. The minimum atomic E-state index is -0.110. The van der Waals surface area contributed by atoms with E-state index in [4.69, 9.17) is 4.98 Å². The Hall–Kier alpha value is -2.18. The molecule has 24 heavy (non-hydrogen) atoms. The van der Waals surface area contributed by atoms with Crippen molar-refractivity contribution < 1.29 is 4.79 Å². The lowest BCUT2D eigenvalue weighted by Gasteiger charge is -2.15. The summed E-state index contributed by atoms with van der Waals surface area (Å²) in [5.74, 6) is 1.48. The van der Waals surface area contributed by atoms with Gasteiger partial charge in [-0.25, -0.2) is 9.67 Å². The number of aromatic amines is 1. The van der Waals surface area contributed by atoms with E-state index in [1.807, 2.05) is 9.58 Å². The maximum atomic E-state index is 12.4. The van der Waals surface area contributed by atoms with Crippen LogP contribution >= 0.6 is 0 Å². The highest BCUT2D eigenvalue weighted by Gasteiger charge is 2.28. The Labute approximate surface area is 140 Å². The van der Waals surface area contributed by atoms with Crippen molar-refractivity contribution in [3.8, 4) is 0 Å². The number of aromatic nitrogens is 4. The number of rotatable bonds is 3. The fourth-order valence-corrected chi connectivity index (χ4v) is 4.06. The molecule has 0 aromatic carbocycles. The third-order valence-corrected chi connectivity index (χ3v) is 5.42. The normalized spacial score (nSPS) is 21.9. The van der Waals surface area contributed by atoms with E-state index in [-0.39, 0.29) is 17.5 Å². The van der Waals surface area contributed by atoms with Gasteiger partial charge in [0.1, 0.15) is 11.2 Å². The summed E-state index contributed by atoms with van der Waals surface area (Å²) in [6.07, 6.45) is 8.27. The van der Waals surface area contributed by atoms with Crippen LogP contribution in [0.4, 0.5) is 0 Å². The maximum absolute atomic E-state index is 12.4. The van der Waals surface area contributed by atoms with Crippen molar-refractivity contribution in [2.75, 3.05) is 13.1 Å². The molecule has 2 fully saturated rings. The number of hydrogen-bond acceptors (Lipinski definition) is 4. The number of H-pyrrole nitrogens is 1. The first kappa shape index (κ1) is 15.4. The smallest absolute Gasteiger partial charge is 0.262 e. The summed E-state index contributed by atoms with van der Waals surface area (Å²) >= 11 is 0. The second-order valence-corrected chi connectivity index (χ2v) is 7.10. The van der Waals surface area contributed by atoms with E-state index in [1.165, 1.54) is 25.7 Å². The van der Waals surface area contributed by atoms with Gasteiger partial charge in [-0.2, -0.15) is 5.10 Å². The molecule has 2 aliphatic rings. The van der Waals surface area contributed by atoms with E-state index in [0.717, 1.165) is 25.2 Å². The summed E-state index contributed by atoms with van der Waals surface area (Å²) < 4.78 is 1.84. The molecule has 1 unspecified atom stereocenters. The minimum absolute atomic E-state index is 0.0849. The highest BCUT2D eigenvalue weighted by Crippen LogP contribution is 2.28. The van der Waals surface area contributed by atoms with Crippen molar-refractivity contribution in [3.63, 3.8) is 0 Å². The zero-order chi connectivity index (χ0) is 16.7. The summed E-state index contributed by atoms with van der Waals surface area (Å²) in [5.41, 5.74) is 0.544.